The highest BCUT2D eigenvalue weighted by Gasteiger charge is 2.43. The minimum atomic E-state index is -0.148. The lowest BCUT2D eigenvalue weighted by atomic mass is 9.77. The Balaban J connectivity index is 1.68. The molecule has 32 heavy (non-hydrogen) atoms. The number of allylic oxidation sites excluding steroid dienone is 1. The molecule has 0 N–H and O–H groups in total. The second-order valence-corrected chi connectivity index (χ2v) is 9.21. The summed E-state index contributed by atoms with van der Waals surface area (Å²) in [4.78, 5) is 16.9. The van der Waals surface area contributed by atoms with Crippen molar-refractivity contribution in [2.75, 3.05) is 43.9 Å². The van der Waals surface area contributed by atoms with Gasteiger partial charge in [-0.15, -0.1) is 11.6 Å². The van der Waals surface area contributed by atoms with E-state index in [0.717, 1.165) is 41.8 Å². The highest BCUT2D eigenvalue weighted by molar-refractivity contribution is 6.27. The molecule has 0 radical (unpaired) electrons. The SMILES string of the molecule is CN(C)c1ccc(C=C2CCCC3C2=NN(C(=O)CCl)C3c2ccc(N(C)C)cc2)cc1. The maximum Gasteiger partial charge on any atom is 0.258 e. The fourth-order valence-corrected chi connectivity index (χ4v) is 4.76. The van der Waals surface area contributed by atoms with E-state index in [2.05, 4.69) is 64.4 Å². The van der Waals surface area contributed by atoms with Crippen LogP contribution in [0.1, 0.15) is 36.4 Å². The predicted octanol–water partition coefficient (Wildman–Crippen LogP) is 5.18. The molecule has 1 amide bonds. The number of nitrogens with zero attached hydrogens (tertiary/aromatic N) is 4. The van der Waals surface area contributed by atoms with Crippen molar-refractivity contribution in [3.8, 4) is 0 Å². The van der Waals surface area contributed by atoms with Crippen molar-refractivity contribution in [1.82, 2.24) is 5.01 Å². The number of hydrogen-bond acceptors (Lipinski definition) is 4. The summed E-state index contributed by atoms with van der Waals surface area (Å²) in [5.74, 6) is -0.0285. The monoisotopic (exact) mass is 450 g/mol. The van der Waals surface area contributed by atoms with E-state index in [-0.39, 0.29) is 23.7 Å². The molecule has 1 aliphatic carbocycles. The molecule has 0 bridgehead atoms. The molecule has 0 aromatic heterocycles. The Bertz CT molecular complexity index is 1020. The fourth-order valence-electron chi connectivity index (χ4n) is 4.64. The van der Waals surface area contributed by atoms with Crippen LogP contribution in [0, 0.1) is 5.92 Å². The van der Waals surface area contributed by atoms with E-state index >= 15 is 0 Å². The lowest BCUT2D eigenvalue weighted by Crippen LogP contribution is -2.32. The first-order valence-corrected chi connectivity index (χ1v) is 11.6. The summed E-state index contributed by atoms with van der Waals surface area (Å²) < 4.78 is 0. The average molecular weight is 451 g/mol. The molecule has 168 valence electrons. The van der Waals surface area contributed by atoms with E-state index in [4.69, 9.17) is 16.7 Å². The minimum absolute atomic E-state index is 0.0686. The van der Waals surface area contributed by atoms with Crippen LogP contribution >= 0.6 is 11.6 Å². The molecule has 2 aliphatic rings. The number of benzene rings is 2. The van der Waals surface area contributed by atoms with Gasteiger partial charge in [0.25, 0.3) is 5.91 Å². The number of carbonyl (C=O) groups is 1. The van der Waals surface area contributed by atoms with Gasteiger partial charge in [-0.25, -0.2) is 5.01 Å². The molecular formula is C26H31ClN4O. The largest absolute Gasteiger partial charge is 0.378 e. The zero-order valence-electron chi connectivity index (χ0n) is 19.3. The summed E-state index contributed by atoms with van der Waals surface area (Å²) >= 11 is 5.97. The van der Waals surface area contributed by atoms with E-state index in [0.29, 0.717) is 0 Å². The normalized spacial score (nSPS) is 21.3. The van der Waals surface area contributed by atoms with Gasteiger partial charge in [0.05, 0.1) is 11.8 Å². The highest BCUT2D eigenvalue weighted by atomic mass is 35.5. The number of rotatable bonds is 5. The van der Waals surface area contributed by atoms with Gasteiger partial charge in [0.2, 0.25) is 0 Å². The van der Waals surface area contributed by atoms with Crippen LogP contribution in [-0.2, 0) is 4.79 Å². The zero-order chi connectivity index (χ0) is 22.8. The summed E-state index contributed by atoms with van der Waals surface area (Å²) in [7, 11) is 8.14. The van der Waals surface area contributed by atoms with Crippen LogP contribution in [0.4, 0.5) is 11.4 Å². The Morgan fingerprint density at radius 3 is 2.19 bits per heavy atom. The number of carbonyl (C=O) groups excluding carboxylic acids is 1. The average Bonchev–Trinajstić information content (AvgIpc) is 3.19. The molecule has 0 saturated heterocycles. The van der Waals surface area contributed by atoms with Crippen molar-refractivity contribution in [1.29, 1.82) is 0 Å². The van der Waals surface area contributed by atoms with Gasteiger partial charge < -0.3 is 9.80 Å². The number of fused-ring (bicyclic) bond motifs is 1. The van der Waals surface area contributed by atoms with Gasteiger partial charge in [-0.1, -0.05) is 24.3 Å². The molecule has 1 heterocycles. The van der Waals surface area contributed by atoms with Crippen molar-refractivity contribution in [2.45, 2.75) is 25.3 Å². The predicted molar refractivity (Wildman–Crippen MR) is 135 cm³/mol. The summed E-state index contributed by atoms with van der Waals surface area (Å²) in [5, 5.41) is 6.48. The first-order chi connectivity index (χ1) is 15.4. The molecule has 5 nitrogen and oxygen atoms in total. The molecular weight excluding hydrogens is 420 g/mol. The third-order valence-electron chi connectivity index (χ3n) is 6.37. The summed E-state index contributed by atoms with van der Waals surface area (Å²) in [5.41, 5.74) is 6.82. The Labute approximate surface area is 196 Å². The molecule has 1 saturated carbocycles. The Morgan fingerprint density at radius 1 is 1.03 bits per heavy atom. The van der Waals surface area contributed by atoms with Gasteiger partial charge in [0.15, 0.2) is 0 Å². The lowest BCUT2D eigenvalue weighted by molar-refractivity contribution is -0.130. The number of alkyl halides is 1. The molecule has 2 aromatic rings. The number of anilines is 2. The van der Waals surface area contributed by atoms with E-state index in [1.807, 2.05) is 28.2 Å². The zero-order valence-corrected chi connectivity index (χ0v) is 20.0. The van der Waals surface area contributed by atoms with E-state index in [1.54, 1.807) is 5.01 Å². The Kier molecular flexibility index (Phi) is 6.56. The van der Waals surface area contributed by atoms with Gasteiger partial charge in [0, 0.05) is 45.5 Å². The number of hydrazone groups is 1. The minimum Gasteiger partial charge on any atom is -0.378 e. The Morgan fingerprint density at radius 2 is 1.62 bits per heavy atom. The first kappa shape index (κ1) is 22.4. The maximum atomic E-state index is 12.7. The molecule has 6 heteroatoms. The quantitative estimate of drug-likeness (QED) is 0.589. The first-order valence-electron chi connectivity index (χ1n) is 11.1. The molecule has 1 fully saturated rings. The van der Waals surface area contributed by atoms with Crippen LogP contribution in [-0.4, -0.2) is 50.7 Å². The molecule has 2 aromatic carbocycles. The van der Waals surface area contributed by atoms with Gasteiger partial charge in [-0.3, -0.25) is 4.79 Å². The van der Waals surface area contributed by atoms with Crippen LogP contribution < -0.4 is 9.80 Å². The summed E-state index contributed by atoms with van der Waals surface area (Å²) in [6.45, 7) is 0. The molecule has 0 spiro atoms. The fraction of sp³-hybridized carbons (Fsp3) is 0.385. The van der Waals surface area contributed by atoms with Crippen molar-refractivity contribution in [3.63, 3.8) is 0 Å². The van der Waals surface area contributed by atoms with E-state index < -0.39 is 0 Å². The molecule has 4 rings (SSSR count). The van der Waals surface area contributed by atoms with Gasteiger partial charge in [0.1, 0.15) is 5.88 Å². The smallest absolute Gasteiger partial charge is 0.258 e. The van der Waals surface area contributed by atoms with E-state index in [1.165, 1.54) is 11.3 Å². The maximum absolute atomic E-state index is 12.7. The van der Waals surface area contributed by atoms with Crippen molar-refractivity contribution < 1.29 is 4.79 Å². The second-order valence-electron chi connectivity index (χ2n) is 8.94. The van der Waals surface area contributed by atoms with Crippen LogP contribution in [0.25, 0.3) is 6.08 Å². The second kappa shape index (κ2) is 9.37. The van der Waals surface area contributed by atoms with Crippen LogP contribution in [0.15, 0.2) is 59.2 Å². The molecule has 1 aliphatic heterocycles. The topological polar surface area (TPSA) is 39.1 Å². The standard InChI is InChI=1S/C26H31ClN4O/c1-29(2)21-12-8-18(9-13-21)16-20-6-5-7-23-25(20)28-31(24(32)17-27)26(23)19-10-14-22(15-11-19)30(3)4/h8-16,23,26H,5-7,17H2,1-4H3. The summed E-state index contributed by atoms with van der Waals surface area (Å²) in [6.07, 6.45) is 5.30. The van der Waals surface area contributed by atoms with Gasteiger partial charge >= 0.3 is 0 Å². The van der Waals surface area contributed by atoms with Crippen molar-refractivity contribution in [3.05, 3.63) is 65.2 Å². The third kappa shape index (κ3) is 4.40. The number of halogens is 1. The Hall–Kier alpha value is -2.79. The molecule has 2 atom stereocenters. The number of hydrogen-bond donors (Lipinski definition) is 0. The summed E-state index contributed by atoms with van der Waals surface area (Å²) in [6, 6.07) is 16.9. The lowest BCUT2D eigenvalue weighted by Gasteiger charge is -2.29. The van der Waals surface area contributed by atoms with Crippen molar-refractivity contribution in [2.24, 2.45) is 11.0 Å². The van der Waals surface area contributed by atoms with Crippen LogP contribution in [0.3, 0.4) is 0 Å². The van der Waals surface area contributed by atoms with E-state index in [9.17, 15) is 4.79 Å². The van der Waals surface area contributed by atoms with Gasteiger partial charge in [-0.2, -0.15) is 5.10 Å². The molecule has 2 unspecified atom stereocenters. The number of amides is 1. The van der Waals surface area contributed by atoms with Gasteiger partial charge in [-0.05, 0) is 66.3 Å². The van der Waals surface area contributed by atoms with Crippen molar-refractivity contribution >= 4 is 40.7 Å². The third-order valence-corrected chi connectivity index (χ3v) is 6.60. The highest BCUT2D eigenvalue weighted by Crippen LogP contribution is 2.44. The van der Waals surface area contributed by atoms with Crippen LogP contribution in [0.5, 0.6) is 0 Å². The van der Waals surface area contributed by atoms with Crippen LogP contribution in [0.2, 0.25) is 0 Å².